The maximum Gasteiger partial charge on any atom is 0.0985 e. The highest BCUT2D eigenvalue weighted by Gasteiger charge is 2.23. The van der Waals surface area contributed by atoms with Crippen LogP contribution in [0.15, 0.2) is 200 Å². The van der Waals surface area contributed by atoms with Crippen molar-refractivity contribution < 1.29 is 0 Å². The van der Waals surface area contributed by atoms with Gasteiger partial charge in [-0.05, 0) is 78.9 Å². The van der Waals surface area contributed by atoms with Gasteiger partial charge in [-0.3, -0.25) is 4.98 Å². The number of hydrogen-bond donors (Lipinski definition) is 0. The van der Waals surface area contributed by atoms with Gasteiger partial charge in [0.05, 0.1) is 49.7 Å². The Morgan fingerprint density at radius 1 is 0.259 bits per heavy atom. The highest BCUT2D eigenvalue weighted by Crippen LogP contribution is 2.43. The third-order valence-corrected chi connectivity index (χ3v) is 12.2. The third kappa shape index (κ3) is 4.17. The number of para-hydroxylation sites is 6. The summed E-state index contributed by atoms with van der Waals surface area (Å²) in [6.07, 6.45) is 2.07. The Hall–Kier alpha value is -7.89. The maximum atomic E-state index is 5.20. The molecule has 0 bridgehead atoms. The first-order chi connectivity index (χ1) is 28.8. The minimum Gasteiger partial charge on any atom is -0.309 e. The van der Waals surface area contributed by atoms with E-state index in [4.69, 9.17) is 4.98 Å². The molecule has 0 saturated heterocycles. The van der Waals surface area contributed by atoms with Crippen LogP contribution in [0.4, 0.5) is 0 Å². The van der Waals surface area contributed by atoms with Gasteiger partial charge in [-0.1, -0.05) is 115 Å². The summed E-state index contributed by atoms with van der Waals surface area (Å²) in [4.78, 5) is 5.20. The minimum atomic E-state index is 0.993. The molecule has 0 fully saturated rings. The summed E-state index contributed by atoms with van der Waals surface area (Å²) >= 11 is 0. The van der Waals surface area contributed by atoms with Gasteiger partial charge >= 0.3 is 0 Å². The molecule has 58 heavy (non-hydrogen) atoms. The fourth-order valence-electron chi connectivity index (χ4n) is 9.83. The van der Waals surface area contributed by atoms with Crippen molar-refractivity contribution >= 4 is 87.4 Å². The van der Waals surface area contributed by atoms with E-state index in [9.17, 15) is 0 Å². The smallest absolute Gasteiger partial charge is 0.0985 e. The Bertz CT molecular complexity index is 3770. The molecule has 270 valence electrons. The Kier molecular flexibility index (Phi) is 6.38. The van der Waals surface area contributed by atoms with Gasteiger partial charge in [0.1, 0.15) is 0 Å². The second kappa shape index (κ2) is 11.8. The molecule has 0 amide bonds. The molecule has 0 aliphatic heterocycles. The fourth-order valence-corrected chi connectivity index (χ4v) is 9.83. The van der Waals surface area contributed by atoms with E-state index in [1.54, 1.807) is 0 Å². The van der Waals surface area contributed by atoms with Gasteiger partial charge in [-0.25, -0.2) is 0 Å². The molecule has 0 spiro atoms. The van der Waals surface area contributed by atoms with Crippen molar-refractivity contribution in [3.05, 3.63) is 200 Å². The Labute approximate surface area is 332 Å². The van der Waals surface area contributed by atoms with E-state index >= 15 is 0 Å². The molecule has 0 saturated carbocycles. The summed E-state index contributed by atoms with van der Waals surface area (Å²) in [6.45, 7) is 0. The van der Waals surface area contributed by atoms with Gasteiger partial charge in [0.15, 0.2) is 0 Å². The average molecular weight is 740 g/mol. The van der Waals surface area contributed by atoms with Crippen molar-refractivity contribution in [1.29, 1.82) is 0 Å². The van der Waals surface area contributed by atoms with Crippen LogP contribution in [0.5, 0.6) is 0 Å². The summed E-state index contributed by atoms with van der Waals surface area (Å²) in [5.41, 5.74) is 14.8. The number of hydrogen-bond acceptors (Lipinski definition) is 1. The Balaban J connectivity index is 1.08. The quantitative estimate of drug-likeness (QED) is 0.177. The lowest BCUT2D eigenvalue weighted by molar-refractivity contribution is 1.13. The van der Waals surface area contributed by atoms with E-state index < -0.39 is 0 Å². The van der Waals surface area contributed by atoms with Gasteiger partial charge < -0.3 is 18.3 Å². The summed E-state index contributed by atoms with van der Waals surface area (Å²) < 4.78 is 9.69. The van der Waals surface area contributed by atoms with Crippen molar-refractivity contribution in [2.75, 3.05) is 0 Å². The molecule has 0 aliphatic rings. The molecule has 5 heterocycles. The zero-order chi connectivity index (χ0) is 37.9. The molecule has 0 radical (unpaired) electrons. The number of fused-ring (bicyclic) bond motifs is 14. The zero-order valence-electron chi connectivity index (χ0n) is 31.3. The van der Waals surface area contributed by atoms with Crippen LogP contribution in [0.2, 0.25) is 0 Å². The van der Waals surface area contributed by atoms with E-state index in [0.717, 1.165) is 61.1 Å². The molecule has 0 N–H and O–H groups in total. The molecule has 5 nitrogen and oxygen atoms in total. The first kappa shape index (κ1) is 31.3. The molecule has 5 heteroatoms. The lowest BCUT2D eigenvalue weighted by Crippen LogP contribution is -2.00. The lowest BCUT2D eigenvalue weighted by Gasteiger charge is -2.13. The molecule has 13 aromatic rings. The van der Waals surface area contributed by atoms with Crippen molar-refractivity contribution in [2.24, 2.45) is 0 Å². The summed E-state index contributed by atoms with van der Waals surface area (Å²) in [7, 11) is 0. The SMILES string of the molecule is c1ccc(-n2c3ccccc3c3ccc4c(c5ccccc5n4-c4ccc(-n5c6ccccc6c6ncc7c8ccccc8n(-c8ccccc8)c7c65)cc4)c32)cc1. The molecule has 0 atom stereocenters. The Morgan fingerprint density at radius 2 is 0.690 bits per heavy atom. The maximum absolute atomic E-state index is 5.20. The monoisotopic (exact) mass is 739 g/mol. The van der Waals surface area contributed by atoms with Gasteiger partial charge in [-0.2, -0.15) is 0 Å². The van der Waals surface area contributed by atoms with Gasteiger partial charge in [0, 0.05) is 66.6 Å². The zero-order valence-corrected chi connectivity index (χ0v) is 31.3. The van der Waals surface area contributed by atoms with Crippen LogP contribution < -0.4 is 0 Å². The molecule has 0 unspecified atom stereocenters. The fraction of sp³-hybridized carbons (Fsp3) is 0. The lowest BCUT2D eigenvalue weighted by atomic mass is 10.1. The number of aromatic nitrogens is 5. The van der Waals surface area contributed by atoms with Crippen LogP contribution in [0.3, 0.4) is 0 Å². The van der Waals surface area contributed by atoms with Gasteiger partial charge in [-0.15, -0.1) is 0 Å². The van der Waals surface area contributed by atoms with Crippen LogP contribution in [0, 0.1) is 0 Å². The molecule has 5 aromatic heterocycles. The second-order valence-corrected chi connectivity index (χ2v) is 15.2. The van der Waals surface area contributed by atoms with Crippen molar-refractivity contribution in [3.8, 4) is 22.7 Å². The molecule has 0 aliphatic carbocycles. The highest BCUT2D eigenvalue weighted by molar-refractivity contribution is 6.26. The Morgan fingerprint density at radius 3 is 1.31 bits per heavy atom. The first-order valence-corrected chi connectivity index (χ1v) is 19.8. The third-order valence-electron chi connectivity index (χ3n) is 12.2. The van der Waals surface area contributed by atoms with E-state index in [1.165, 1.54) is 49.0 Å². The highest BCUT2D eigenvalue weighted by atomic mass is 15.1. The van der Waals surface area contributed by atoms with Gasteiger partial charge in [0.2, 0.25) is 0 Å². The molecule has 8 aromatic carbocycles. The molecular weight excluding hydrogens is 707 g/mol. The number of nitrogens with zero attached hydrogens (tertiary/aromatic N) is 5. The van der Waals surface area contributed by atoms with Gasteiger partial charge in [0.25, 0.3) is 0 Å². The largest absolute Gasteiger partial charge is 0.309 e. The van der Waals surface area contributed by atoms with Crippen molar-refractivity contribution in [2.45, 2.75) is 0 Å². The van der Waals surface area contributed by atoms with Crippen LogP contribution in [-0.2, 0) is 0 Å². The predicted molar refractivity (Wildman–Crippen MR) is 242 cm³/mol. The molecule has 13 rings (SSSR count). The van der Waals surface area contributed by atoms with E-state index in [2.05, 4.69) is 219 Å². The summed E-state index contributed by atoms with van der Waals surface area (Å²) in [6, 6.07) is 70.1. The topological polar surface area (TPSA) is 32.6 Å². The minimum absolute atomic E-state index is 0.993. The van der Waals surface area contributed by atoms with Crippen molar-refractivity contribution in [3.63, 3.8) is 0 Å². The first-order valence-electron chi connectivity index (χ1n) is 19.8. The van der Waals surface area contributed by atoms with Crippen LogP contribution >= 0.6 is 0 Å². The summed E-state index contributed by atoms with van der Waals surface area (Å²) in [5, 5.41) is 8.45. The van der Waals surface area contributed by atoms with E-state index in [0.29, 0.717) is 0 Å². The number of benzene rings is 8. The van der Waals surface area contributed by atoms with E-state index in [1.807, 2.05) is 0 Å². The van der Waals surface area contributed by atoms with Crippen LogP contribution in [0.1, 0.15) is 0 Å². The normalized spacial score (nSPS) is 12.1. The molecular formula is C53H33N5. The van der Waals surface area contributed by atoms with Crippen LogP contribution in [-0.4, -0.2) is 23.3 Å². The van der Waals surface area contributed by atoms with Crippen molar-refractivity contribution in [1.82, 2.24) is 23.3 Å². The second-order valence-electron chi connectivity index (χ2n) is 15.2. The number of pyridine rings is 1. The summed E-state index contributed by atoms with van der Waals surface area (Å²) in [5.74, 6) is 0. The number of rotatable bonds is 4. The average Bonchev–Trinajstić information content (AvgIpc) is 4.02. The van der Waals surface area contributed by atoms with Crippen LogP contribution in [0.25, 0.3) is 110 Å². The predicted octanol–water partition coefficient (Wildman–Crippen LogP) is 13.5. The standard InChI is InChI=1S/C53H33N5/c1-3-15-34(16-4-1)56-44-23-11-7-19-38(44)40-31-32-48-49(51(40)56)41-21-9-13-25-46(41)55(48)36-27-29-37(30-28-36)58-47-26-14-10-22-42(47)50-53(58)52-43(33-54-50)39-20-8-12-24-45(39)57(52)35-17-5-2-6-18-35/h1-33H. The van der Waals surface area contributed by atoms with E-state index in [-0.39, 0.29) is 0 Å².